The van der Waals surface area contributed by atoms with E-state index in [0.717, 1.165) is 43.5 Å². The Kier molecular flexibility index (Phi) is 5.33. The molecule has 0 amide bonds. The summed E-state index contributed by atoms with van der Waals surface area (Å²) in [5, 5.41) is 18.5. The van der Waals surface area contributed by atoms with Crippen molar-refractivity contribution in [3.05, 3.63) is 23.8 Å². The molecule has 0 saturated heterocycles. The van der Waals surface area contributed by atoms with Crippen LogP contribution in [0.15, 0.2) is 18.2 Å². The van der Waals surface area contributed by atoms with Crippen LogP contribution in [-0.2, 0) is 6.42 Å². The lowest BCUT2D eigenvalue weighted by Crippen LogP contribution is -1.86. The number of aryl methyl sites for hydroxylation is 1. The van der Waals surface area contributed by atoms with Crippen LogP contribution in [0.2, 0.25) is 0 Å². The Labute approximate surface area is 95.5 Å². The Hall–Kier alpha value is -0.890. The van der Waals surface area contributed by atoms with Crippen molar-refractivity contribution >= 4 is 11.6 Å². The highest BCUT2D eigenvalue weighted by Gasteiger charge is 1.99. The minimum atomic E-state index is 0.130. The number of hydrogen-bond acceptors (Lipinski definition) is 2. The molecule has 0 aromatic heterocycles. The van der Waals surface area contributed by atoms with Gasteiger partial charge >= 0.3 is 0 Å². The lowest BCUT2D eigenvalue weighted by molar-refractivity contribution is 0.449. The molecule has 0 spiro atoms. The molecule has 0 atom stereocenters. The molecule has 0 heterocycles. The van der Waals surface area contributed by atoms with Gasteiger partial charge in [-0.15, -0.1) is 11.6 Å². The second kappa shape index (κ2) is 6.57. The van der Waals surface area contributed by atoms with Crippen LogP contribution in [0.3, 0.4) is 0 Å². The normalized spacial score (nSPS) is 10.5. The first kappa shape index (κ1) is 12.2. The van der Waals surface area contributed by atoms with Gasteiger partial charge in [0.05, 0.1) is 0 Å². The second-order valence-corrected chi connectivity index (χ2v) is 4.09. The summed E-state index contributed by atoms with van der Waals surface area (Å²) in [5.41, 5.74) is 0.985. The smallest absolute Gasteiger partial charge is 0.119 e. The summed E-state index contributed by atoms with van der Waals surface area (Å²) in [7, 11) is 0. The van der Waals surface area contributed by atoms with Gasteiger partial charge in [-0.3, -0.25) is 0 Å². The summed E-state index contributed by atoms with van der Waals surface area (Å²) < 4.78 is 0. The molecule has 0 aliphatic heterocycles. The maximum atomic E-state index is 9.26. The largest absolute Gasteiger partial charge is 0.508 e. The van der Waals surface area contributed by atoms with E-state index in [1.54, 1.807) is 12.1 Å². The van der Waals surface area contributed by atoms with Crippen LogP contribution in [0.4, 0.5) is 0 Å². The van der Waals surface area contributed by atoms with Gasteiger partial charge in [-0.25, -0.2) is 0 Å². The molecule has 15 heavy (non-hydrogen) atoms. The topological polar surface area (TPSA) is 40.5 Å². The fourth-order valence-corrected chi connectivity index (χ4v) is 1.77. The van der Waals surface area contributed by atoms with Gasteiger partial charge in [0.1, 0.15) is 11.5 Å². The molecule has 1 aromatic carbocycles. The average molecular weight is 229 g/mol. The number of rotatable bonds is 6. The molecule has 3 heteroatoms. The van der Waals surface area contributed by atoms with E-state index in [2.05, 4.69) is 0 Å². The number of aromatic hydroxyl groups is 2. The Morgan fingerprint density at radius 1 is 0.867 bits per heavy atom. The molecule has 0 bridgehead atoms. The predicted molar refractivity (Wildman–Crippen MR) is 62.7 cm³/mol. The third-order valence-electron chi connectivity index (χ3n) is 2.31. The monoisotopic (exact) mass is 228 g/mol. The molecule has 0 radical (unpaired) electrons. The van der Waals surface area contributed by atoms with Crippen LogP contribution in [0.5, 0.6) is 11.5 Å². The highest BCUT2D eigenvalue weighted by atomic mass is 35.5. The van der Waals surface area contributed by atoms with Crippen molar-refractivity contribution in [2.24, 2.45) is 0 Å². The Morgan fingerprint density at radius 2 is 1.47 bits per heavy atom. The predicted octanol–water partition coefficient (Wildman–Crippen LogP) is 3.44. The molecule has 0 fully saturated rings. The maximum absolute atomic E-state index is 9.26. The zero-order valence-electron chi connectivity index (χ0n) is 8.75. The van der Waals surface area contributed by atoms with E-state index in [4.69, 9.17) is 11.6 Å². The highest BCUT2D eigenvalue weighted by Crippen LogP contribution is 2.21. The zero-order valence-corrected chi connectivity index (χ0v) is 9.50. The lowest BCUT2D eigenvalue weighted by Gasteiger charge is -2.03. The number of unbranched alkanes of at least 4 members (excludes halogenated alkanes) is 3. The molecule has 1 rings (SSSR count). The fourth-order valence-electron chi connectivity index (χ4n) is 1.58. The molecule has 0 aliphatic carbocycles. The molecule has 0 aliphatic rings. The van der Waals surface area contributed by atoms with Crippen molar-refractivity contribution in [1.82, 2.24) is 0 Å². The van der Waals surface area contributed by atoms with Gasteiger partial charge in [0.15, 0.2) is 0 Å². The number of phenols is 2. The van der Waals surface area contributed by atoms with E-state index < -0.39 is 0 Å². The Bertz CT molecular complexity index is 279. The first-order valence-corrected chi connectivity index (χ1v) is 5.83. The molecule has 2 N–H and O–H groups in total. The zero-order chi connectivity index (χ0) is 11.1. The van der Waals surface area contributed by atoms with Gasteiger partial charge in [0, 0.05) is 11.9 Å². The van der Waals surface area contributed by atoms with Gasteiger partial charge in [-0.2, -0.15) is 0 Å². The molecular weight excluding hydrogens is 212 g/mol. The summed E-state index contributed by atoms with van der Waals surface area (Å²) >= 11 is 5.57. The number of alkyl halides is 1. The summed E-state index contributed by atoms with van der Waals surface area (Å²) in [6.07, 6.45) is 5.31. The number of halogens is 1. The van der Waals surface area contributed by atoms with Crippen LogP contribution in [0.25, 0.3) is 0 Å². The van der Waals surface area contributed by atoms with Crippen LogP contribution in [0, 0.1) is 0 Å². The van der Waals surface area contributed by atoms with Crippen molar-refractivity contribution in [3.8, 4) is 11.5 Å². The molecular formula is C12H17ClO2. The van der Waals surface area contributed by atoms with E-state index >= 15 is 0 Å². The van der Waals surface area contributed by atoms with Crippen molar-refractivity contribution < 1.29 is 10.2 Å². The number of benzene rings is 1. The number of hydrogen-bond donors (Lipinski definition) is 2. The van der Waals surface area contributed by atoms with Crippen LogP contribution in [-0.4, -0.2) is 16.1 Å². The van der Waals surface area contributed by atoms with Gasteiger partial charge in [0.2, 0.25) is 0 Å². The SMILES string of the molecule is Oc1cc(O)cc(CCCCCCCl)c1. The van der Waals surface area contributed by atoms with Crippen molar-refractivity contribution in [2.75, 3.05) is 5.88 Å². The quantitative estimate of drug-likeness (QED) is 0.579. The van der Waals surface area contributed by atoms with Gasteiger partial charge in [-0.1, -0.05) is 12.8 Å². The summed E-state index contributed by atoms with van der Waals surface area (Å²) in [6.45, 7) is 0. The van der Waals surface area contributed by atoms with Gasteiger partial charge in [0.25, 0.3) is 0 Å². The van der Waals surface area contributed by atoms with Crippen molar-refractivity contribution in [2.45, 2.75) is 32.1 Å². The van der Waals surface area contributed by atoms with Crippen molar-refractivity contribution in [3.63, 3.8) is 0 Å². The first-order valence-electron chi connectivity index (χ1n) is 5.30. The van der Waals surface area contributed by atoms with E-state index in [1.165, 1.54) is 6.07 Å². The Balaban J connectivity index is 2.31. The Morgan fingerprint density at radius 3 is 2.07 bits per heavy atom. The van der Waals surface area contributed by atoms with E-state index in [-0.39, 0.29) is 11.5 Å². The maximum Gasteiger partial charge on any atom is 0.119 e. The summed E-state index contributed by atoms with van der Waals surface area (Å²) in [6, 6.07) is 4.74. The minimum Gasteiger partial charge on any atom is -0.508 e. The molecule has 1 aromatic rings. The van der Waals surface area contributed by atoms with Crippen LogP contribution >= 0.6 is 11.6 Å². The standard InChI is InChI=1S/C12H17ClO2/c13-6-4-2-1-3-5-10-7-11(14)9-12(15)8-10/h7-9,14-15H,1-6H2. The molecule has 84 valence electrons. The van der Waals surface area contributed by atoms with E-state index in [0.29, 0.717) is 0 Å². The van der Waals surface area contributed by atoms with E-state index in [1.807, 2.05) is 0 Å². The van der Waals surface area contributed by atoms with Gasteiger partial charge < -0.3 is 10.2 Å². The highest BCUT2D eigenvalue weighted by molar-refractivity contribution is 6.17. The van der Waals surface area contributed by atoms with Crippen LogP contribution < -0.4 is 0 Å². The minimum absolute atomic E-state index is 0.130. The average Bonchev–Trinajstić information content (AvgIpc) is 2.16. The number of phenolic OH excluding ortho intramolecular Hbond substituents is 2. The molecule has 0 saturated carbocycles. The molecule has 0 unspecified atom stereocenters. The lowest BCUT2D eigenvalue weighted by atomic mass is 10.1. The van der Waals surface area contributed by atoms with Crippen LogP contribution in [0.1, 0.15) is 31.2 Å². The third kappa shape index (κ3) is 4.93. The second-order valence-electron chi connectivity index (χ2n) is 3.71. The molecule has 2 nitrogen and oxygen atoms in total. The van der Waals surface area contributed by atoms with Gasteiger partial charge in [-0.05, 0) is 37.0 Å². The van der Waals surface area contributed by atoms with Crippen molar-refractivity contribution in [1.29, 1.82) is 0 Å². The first-order chi connectivity index (χ1) is 7.22. The summed E-state index contributed by atoms with van der Waals surface area (Å²) in [5.74, 6) is 0.990. The summed E-state index contributed by atoms with van der Waals surface area (Å²) in [4.78, 5) is 0. The van der Waals surface area contributed by atoms with E-state index in [9.17, 15) is 10.2 Å². The fraction of sp³-hybridized carbons (Fsp3) is 0.500. The third-order valence-corrected chi connectivity index (χ3v) is 2.58.